The Labute approximate surface area is 234 Å². The number of aliphatic hydroxyl groups excluding tert-OH is 1. The maximum Gasteiger partial charge on any atom is 0.245 e. The van der Waals surface area contributed by atoms with Crippen molar-refractivity contribution in [3.05, 3.63) is 65.9 Å². The van der Waals surface area contributed by atoms with Crippen molar-refractivity contribution >= 4 is 26.8 Å². The van der Waals surface area contributed by atoms with Crippen LogP contribution in [0, 0.1) is 6.92 Å². The molecule has 4 rings (SSSR count). The largest absolute Gasteiger partial charge is 0.489 e. The van der Waals surface area contributed by atoms with Crippen molar-refractivity contribution in [1.82, 2.24) is 25.0 Å². The highest BCUT2D eigenvalue weighted by Gasteiger charge is 2.52. The SMILES string of the molecule is Cc1cc(COc2ccc(S(=O)(=O)NC3(CC(=O)NO)CN(C(O)C(C)(C)N(C)C)C3)cc2)c2ccccc2n1. The molecule has 1 unspecified atom stereocenters. The van der Waals surface area contributed by atoms with Gasteiger partial charge in [0.15, 0.2) is 0 Å². The van der Waals surface area contributed by atoms with Crippen LogP contribution in [0.4, 0.5) is 0 Å². The number of benzene rings is 2. The number of hydroxylamine groups is 1. The molecule has 1 aliphatic heterocycles. The lowest BCUT2D eigenvalue weighted by molar-refractivity contribution is -0.151. The van der Waals surface area contributed by atoms with Crippen LogP contribution in [-0.4, -0.2) is 83.9 Å². The average molecular weight is 572 g/mol. The van der Waals surface area contributed by atoms with Crippen LogP contribution in [0.5, 0.6) is 5.75 Å². The van der Waals surface area contributed by atoms with Crippen molar-refractivity contribution < 1.29 is 28.3 Å². The molecule has 0 saturated carbocycles. The van der Waals surface area contributed by atoms with Crippen LogP contribution < -0.4 is 14.9 Å². The van der Waals surface area contributed by atoms with Gasteiger partial charge in [0.1, 0.15) is 18.6 Å². The van der Waals surface area contributed by atoms with E-state index >= 15 is 0 Å². The zero-order chi connectivity index (χ0) is 29.3. The second-order valence-corrected chi connectivity index (χ2v) is 12.8. The van der Waals surface area contributed by atoms with Gasteiger partial charge in [-0.15, -0.1) is 0 Å². The third kappa shape index (κ3) is 6.27. The second kappa shape index (κ2) is 11.4. The number of nitrogens with one attached hydrogen (secondary N) is 2. The number of sulfonamides is 1. The minimum Gasteiger partial charge on any atom is -0.489 e. The maximum atomic E-state index is 13.3. The molecule has 4 N–H and O–H groups in total. The molecule has 2 aromatic carbocycles. The summed E-state index contributed by atoms with van der Waals surface area (Å²) in [5.74, 6) is -0.234. The molecule has 3 aromatic rings. The number of aromatic nitrogens is 1. The van der Waals surface area contributed by atoms with Gasteiger partial charge in [0.2, 0.25) is 15.9 Å². The van der Waals surface area contributed by atoms with Gasteiger partial charge in [-0.25, -0.2) is 18.6 Å². The smallest absolute Gasteiger partial charge is 0.245 e. The molecule has 12 heteroatoms. The second-order valence-electron chi connectivity index (χ2n) is 11.1. The summed E-state index contributed by atoms with van der Waals surface area (Å²) in [7, 11) is -0.368. The number of amides is 1. The molecule has 0 bridgehead atoms. The van der Waals surface area contributed by atoms with E-state index in [9.17, 15) is 18.3 Å². The van der Waals surface area contributed by atoms with Gasteiger partial charge in [-0.2, -0.15) is 0 Å². The van der Waals surface area contributed by atoms with Crippen LogP contribution in [0.1, 0.15) is 31.5 Å². The van der Waals surface area contributed by atoms with Crippen molar-refractivity contribution in [2.75, 3.05) is 27.2 Å². The number of aliphatic hydroxyl groups is 1. The van der Waals surface area contributed by atoms with E-state index in [2.05, 4.69) is 9.71 Å². The van der Waals surface area contributed by atoms with E-state index in [0.29, 0.717) is 5.75 Å². The minimum atomic E-state index is -4.05. The van der Waals surface area contributed by atoms with E-state index in [-0.39, 0.29) is 31.0 Å². The number of pyridine rings is 1. The van der Waals surface area contributed by atoms with Gasteiger partial charge in [0.25, 0.3) is 0 Å². The van der Waals surface area contributed by atoms with Crippen LogP contribution in [0.2, 0.25) is 0 Å². The standard InChI is InChI=1S/C28H37N5O6S/c1-19-14-20(23-8-6-7-9-24(23)29-19)16-39-21-10-12-22(13-11-21)40(37,38)31-28(15-25(34)30-36)17-33(18-28)26(35)27(2,3)32(4)5/h6-14,26,31,35-36H,15-18H2,1-5H3,(H,30,34). The Bertz CT molecular complexity index is 1470. The van der Waals surface area contributed by atoms with Crippen molar-refractivity contribution in [3.63, 3.8) is 0 Å². The van der Waals surface area contributed by atoms with E-state index in [4.69, 9.17) is 9.94 Å². The lowest BCUT2D eigenvalue weighted by atomic mass is 9.84. The summed E-state index contributed by atoms with van der Waals surface area (Å²) >= 11 is 0. The van der Waals surface area contributed by atoms with E-state index in [1.807, 2.05) is 70.1 Å². The number of ether oxygens (including phenoxy) is 1. The van der Waals surface area contributed by atoms with Gasteiger partial charge in [0, 0.05) is 29.7 Å². The molecule has 0 radical (unpaired) electrons. The first-order valence-electron chi connectivity index (χ1n) is 12.9. The molecule has 1 amide bonds. The quantitative estimate of drug-likeness (QED) is 0.201. The lowest BCUT2D eigenvalue weighted by Crippen LogP contribution is -2.75. The van der Waals surface area contributed by atoms with Gasteiger partial charge in [0.05, 0.1) is 27.9 Å². The average Bonchev–Trinajstić information content (AvgIpc) is 2.89. The summed E-state index contributed by atoms with van der Waals surface area (Å²) in [4.78, 5) is 20.2. The zero-order valence-corrected chi connectivity index (χ0v) is 24.2. The topological polar surface area (TPSA) is 144 Å². The molecular weight excluding hydrogens is 534 g/mol. The highest BCUT2D eigenvalue weighted by molar-refractivity contribution is 7.89. The Morgan fingerprint density at radius 3 is 2.45 bits per heavy atom. The van der Waals surface area contributed by atoms with E-state index in [1.54, 1.807) is 22.5 Å². The van der Waals surface area contributed by atoms with Gasteiger partial charge in [-0.1, -0.05) is 18.2 Å². The first-order valence-corrected chi connectivity index (χ1v) is 14.4. The van der Waals surface area contributed by atoms with Crippen LogP contribution >= 0.6 is 0 Å². The molecule has 0 spiro atoms. The van der Waals surface area contributed by atoms with Crippen LogP contribution in [0.3, 0.4) is 0 Å². The van der Waals surface area contributed by atoms with Crippen molar-refractivity contribution in [1.29, 1.82) is 0 Å². The molecule has 1 aliphatic rings. The number of carbonyl (C=O) groups is 1. The number of hydrogen-bond acceptors (Lipinski definition) is 9. The summed E-state index contributed by atoms with van der Waals surface area (Å²) in [5.41, 5.74) is 2.47. The lowest BCUT2D eigenvalue weighted by Gasteiger charge is -2.55. The Morgan fingerprint density at radius 2 is 1.82 bits per heavy atom. The Kier molecular flexibility index (Phi) is 8.50. The number of para-hydroxylation sites is 1. The summed E-state index contributed by atoms with van der Waals surface area (Å²) in [6.45, 7) is 6.10. The molecule has 11 nitrogen and oxygen atoms in total. The fourth-order valence-corrected chi connectivity index (χ4v) is 6.26. The van der Waals surface area contributed by atoms with Crippen molar-refractivity contribution in [2.45, 2.75) is 56.0 Å². The van der Waals surface area contributed by atoms with E-state index in [0.717, 1.165) is 22.2 Å². The summed E-state index contributed by atoms with van der Waals surface area (Å²) in [6.07, 6.45) is -1.20. The Balaban J connectivity index is 1.47. The summed E-state index contributed by atoms with van der Waals surface area (Å²) < 4.78 is 35.2. The van der Waals surface area contributed by atoms with Crippen LogP contribution in [-0.2, 0) is 21.4 Å². The van der Waals surface area contributed by atoms with Gasteiger partial charge in [-0.05, 0) is 71.3 Å². The van der Waals surface area contributed by atoms with Crippen LogP contribution in [0.15, 0.2) is 59.5 Å². The number of hydrogen-bond donors (Lipinski definition) is 4. The summed E-state index contributed by atoms with van der Waals surface area (Å²) in [6, 6.07) is 15.8. The third-order valence-corrected chi connectivity index (χ3v) is 9.17. The molecule has 1 saturated heterocycles. The van der Waals surface area contributed by atoms with Crippen molar-refractivity contribution in [3.8, 4) is 5.75 Å². The fraction of sp³-hybridized carbons (Fsp3) is 0.429. The van der Waals surface area contributed by atoms with E-state index < -0.39 is 33.2 Å². The molecule has 1 atom stereocenters. The molecule has 216 valence electrons. The Morgan fingerprint density at radius 1 is 1.18 bits per heavy atom. The highest BCUT2D eigenvalue weighted by Crippen LogP contribution is 2.33. The highest BCUT2D eigenvalue weighted by atomic mass is 32.2. The predicted octanol–water partition coefficient (Wildman–Crippen LogP) is 2.01. The number of rotatable bonds is 11. The monoisotopic (exact) mass is 571 g/mol. The molecule has 0 aliphatic carbocycles. The minimum absolute atomic E-state index is 0.00135. The number of nitrogens with zero attached hydrogens (tertiary/aromatic N) is 3. The molecule has 1 fully saturated rings. The number of fused-ring (bicyclic) bond motifs is 1. The first-order chi connectivity index (χ1) is 18.8. The normalized spacial score (nSPS) is 16.5. The predicted molar refractivity (Wildman–Crippen MR) is 150 cm³/mol. The van der Waals surface area contributed by atoms with E-state index in [1.165, 1.54) is 12.1 Å². The van der Waals surface area contributed by atoms with Gasteiger partial charge >= 0.3 is 0 Å². The number of aryl methyl sites for hydroxylation is 1. The fourth-order valence-electron chi connectivity index (χ4n) is 4.88. The molecule has 2 heterocycles. The zero-order valence-electron chi connectivity index (χ0n) is 23.4. The van der Waals surface area contributed by atoms with Crippen molar-refractivity contribution in [2.24, 2.45) is 0 Å². The van der Waals surface area contributed by atoms with Gasteiger partial charge in [-0.3, -0.25) is 19.9 Å². The van der Waals surface area contributed by atoms with Gasteiger partial charge < -0.3 is 14.7 Å². The van der Waals surface area contributed by atoms with Crippen LogP contribution in [0.25, 0.3) is 10.9 Å². The third-order valence-electron chi connectivity index (χ3n) is 7.57. The number of carbonyl (C=O) groups excluding carboxylic acids is 1. The molecule has 1 aromatic heterocycles. The Hall–Kier alpha value is -3.13. The number of likely N-dealkylation sites (N-methyl/N-ethyl adjacent to an activating group) is 1. The maximum absolute atomic E-state index is 13.3. The number of likely N-dealkylation sites (tertiary alicyclic amines) is 1. The first kappa shape index (κ1) is 29.8. The summed E-state index contributed by atoms with van der Waals surface area (Å²) in [5, 5.41) is 21.0. The molecule has 40 heavy (non-hydrogen) atoms. The molecular formula is C28H37N5O6S.